The molecule has 3 rings (SSSR count). The molecule has 0 unspecified atom stereocenters. The Morgan fingerprint density at radius 2 is 1.62 bits per heavy atom. The molecule has 1 heterocycles. The van der Waals surface area contributed by atoms with E-state index in [0.29, 0.717) is 5.52 Å². The number of nitrogens with zero attached hydrogens (tertiary/aromatic N) is 1. The van der Waals surface area contributed by atoms with Gasteiger partial charge in [0.15, 0.2) is 6.20 Å². The van der Waals surface area contributed by atoms with Crippen LogP contribution in [0.25, 0.3) is 21.7 Å². The molecule has 1 aromatic heterocycles. The van der Waals surface area contributed by atoms with Gasteiger partial charge in [-0.05, 0) is 18.2 Å². The zero-order valence-corrected chi connectivity index (χ0v) is 11.7. The maximum absolute atomic E-state index is 12.5. The smallest absolute Gasteiger partial charge is 0.573 e. The lowest BCUT2D eigenvalue weighted by molar-refractivity contribution is -0.644. The van der Waals surface area contributed by atoms with Crippen LogP contribution in [0, 0.1) is 0 Å². The summed E-state index contributed by atoms with van der Waals surface area (Å²) in [7, 11) is 1.71. The highest BCUT2D eigenvalue weighted by atomic mass is 35.5. The molecule has 0 amide bonds. The van der Waals surface area contributed by atoms with Crippen molar-refractivity contribution in [1.82, 2.24) is 0 Å². The van der Waals surface area contributed by atoms with Crippen LogP contribution in [0.2, 0.25) is 0 Å². The number of para-hydroxylation sites is 1. The van der Waals surface area contributed by atoms with Gasteiger partial charge in [-0.15, -0.1) is 13.2 Å². The van der Waals surface area contributed by atoms with Gasteiger partial charge in [-0.2, -0.15) is 4.57 Å². The van der Waals surface area contributed by atoms with E-state index in [0.717, 1.165) is 16.2 Å². The van der Waals surface area contributed by atoms with E-state index in [1.165, 1.54) is 6.07 Å². The van der Waals surface area contributed by atoms with E-state index in [-0.39, 0.29) is 18.2 Å². The van der Waals surface area contributed by atoms with Gasteiger partial charge in [0, 0.05) is 10.8 Å². The molecule has 0 bridgehead atoms. The summed E-state index contributed by atoms with van der Waals surface area (Å²) in [6.45, 7) is 0. The molecule has 0 fully saturated rings. The topological polar surface area (TPSA) is 13.1 Å². The lowest BCUT2D eigenvalue weighted by Gasteiger charge is -2.10. The van der Waals surface area contributed by atoms with Crippen LogP contribution in [0.5, 0.6) is 5.75 Å². The SMILES string of the molecule is C[n+]1cc2ccccc2c2cccc(OC(F)(F)F)c21.[Cl-]. The molecule has 0 saturated heterocycles. The highest BCUT2D eigenvalue weighted by molar-refractivity contribution is 6.05. The van der Waals surface area contributed by atoms with Crippen molar-refractivity contribution in [3.05, 3.63) is 48.7 Å². The van der Waals surface area contributed by atoms with Gasteiger partial charge in [-0.3, -0.25) is 0 Å². The summed E-state index contributed by atoms with van der Waals surface area (Å²) in [4.78, 5) is 0. The van der Waals surface area contributed by atoms with Crippen LogP contribution >= 0.6 is 0 Å². The molecule has 21 heavy (non-hydrogen) atoms. The summed E-state index contributed by atoms with van der Waals surface area (Å²) in [6.07, 6.45) is -2.91. The van der Waals surface area contributed by atoms with E-state index in [1.807, 2.05) is 24.3 Å². The maximum Gasteiger partial charge on any atom is 0.573 e. The molecule has 2 nitrogen and oxygen atoms in total. The zero-order valence-electron chi connectivity index (χ0n) is 11.0. The van der Waals surface area contributed by atoms with Gasteiger partial charge < -0.3 is 17.1 Å². The number of pyridine rings is 1. The zero-order chi connectivity index (χ0) is 14.3. The first kappa shape index (κ1) is 15.4. The first-order valence-electron chi connectivity index (χ1n) is 6.01. The van der Waals surface area contributed by atoms with E-state index >= 15 is 0 Å². The molecule has 3 aromatic rings. The van der Waals surface area contributed by atoms with Crippen LogP contribution in [-0.2, 0) is 7.05 Å². The van der Waals surface area contributed by atoms with Crippen LogP contribution < -0.4 is 21.7 Å². The Hall–Kier alpha value is -2.01. The fraction of sp³-hybridized carbons (Fsp3) is 0.133. The molecule has 110 valence electrons. The fourth-order valence-corrected chi connectivity index (χ4v) is 2.44. The minimum absolute atomic E-state index is 0. The third kappa shape index (κ3) is 2.88. The molecule has 0 radical (unpaired) electrons. The summed E-state index contributed by atoms with van der Waals surface area (Å²) >= 11 is 0. The Morgan fingerprint density at radius 3 is 2.33 bits per heavy atom. The van der Waals surface area contributed by atoms with Crippen LogP contribution in [0.3, 0.4) is 0 Å². The number of hydrogen-bond donors (Lipinski definition) is 0. The summed E-state index contributed by atoms with van der Waals surface area (Å²) in [5, 5.41) is 2.59. The van der Waals surface area contributed by atoms with Crippen molar-refractivity contribution < 1.29 is 34.9 Å². The van der Waals surface area contributed by atoms with E-state index in [2.05, 4.69) is 4.74 Å². The van der Waals surface area contributed by atoms with Crippen molar-refractivity contribution in [3.8, 4) is 5.75 Å². The predicted molar refractivity (Wildman–Crippen MR) is 69.3 cm³/mol. The fourth-order valence-electron chi connectivity index (χ4n) is 2.44. The monoisotopic (exact) mass is 313 g/mol. The van der Waals surface area contributed by atoms with Crippen molar-refractivity contribution in [2.75, 3.05) is 0 Å². The van der Waals surface area contributed by atoms with Gasteiger partial charge in [-0.1, -0.05) is 24.3 Å². The van der Waals surface area contributed by atoms with Crippen LogP contribution in [0.1, 0.15) is 0 Å². The summed E-state index contributed by atoms with van der Waals surface area (Å²) in [5.41, 5.74) is 0.420. The Kier molecular flexibility index (Phi) is 3.96. The summed E-state index contributed by atoms with van der Waals surface area (Å²) < 4.78 is 43.2. The van der Waals surface area contributed by atoms with E-state index in [9.17, 15) is 13.2 Å². The standard InChI is InChI=1S/C15H11F3NO.ClH/c1-19-9-10-5-2-3-6-11(10)12-7-4-8-13(14(12)19)20-15(16,17)18;/h2-9H,1H3;1H/q+1;/p-1. The highest BCUT2D eigenvalue weighted by Gasteiger charge is 2.33. The Balaban J connectivity index is 0.00000161. The minimum Gasteiger partial charge on any atom is -1.00 e. The predicted octanol–water partition coefficient (Wildman–Crippen LogP) is 0.720. The minimum atomic E-state index is -4.70. The molecular formula is C15H11ClF3NO. The van der Waals surface area contributed by atoms with Crippen molar-refractivity contribution in [1.29, 1.82) is 0 Å². The number of alkyl halides is 3. The molecular weight excluding hydrogens is 303 g/mol. The largest absolute Gasteiger partial charge is 1.00 e. The number of benzene rings is 2. The lowest BCUT2D eigenvalue weighted by atomic mass is 10.1. The second kappa shape index (κ2) is 5.41. The molecule has 6 heteroatoms. The second-order valence-corrected chi connectivity index (χ2v) is 4.53. The highest BCUT2D eigenvalue weighted by Crippen LogP contribution is 2.31. The van der Waals surface area contributed by atoms with Crippen LogP contribution in [0.15, 0.2) is 48.7 Å². The van der Waals surface area contributed by atoms with E-state index < -0.39 is 6.36 Å². The molecule has 0 aliphatic rings. The van der Waals surface area contributed by atoms with Crippen molar-refractivity contribution >= 4 is 21.7 Å². The van der Waals surface area contributed by atoms with Crippen molar-refractivity contribution in [2.24, 2.45) is 7.05 Å². The Morgan fingerprint density at radius 1 is 0.952 bits per heavy atom. The van der Waals surface area contributed by atoms with Gasteiger partial charge >= 0.3 is 6.36 Å². The Bertz CT molecular complexity index is 802. The quantitative estimate of drug-likeness (QED) is 0.477. The van der Waals surface area contributed by atoms with Crippen molar-refractivity contribution in [3.63, 3.8) is 0 Å². The third-order valence-corrected chi connectivity index (χ3v) is 3.16. The Labute approximate surface area is 125 Å². The molecule has 0 spiro atoms. The maximum atomic E-state index is 12.5. The molecule has 0 aliphatic heterocycles. The number of aryl methyl sites for hydroxylation is 1. The number of fused-ring (bicyclic) bond motifs is 3. The molecule has 0 N–H and O–H groups in total. The van der Waals surface area contributed by atoms with Gasteiger partial charge in [0.05, 0.1) is 5.39 Å². The number of aromatic nitrogens is 1. The molecule has 0 saturated carbocycles. The first-order chi connectivity index (χ1) is 9.46. The van der Waals surface area contributed by atoms with Gasteiger partial charge in [0.2, 0.25) is 5.75 Å². The summed E-state index contributed by atoms with van der Waals surface area (Å²) in [6, 6.07) is 12.2. The van der Waals surface area contributed by atoms with Crippen molar-refractivity contribution in [2.45, 2.75) is 6.36 Å². The number of hydrogen-bond acceptors (Lipinski definition) is 1. The number of ether oxygens (including phenoxy) is 1. The van der Waals surface area contributed by atoms with Gasteiger partial charge in [0.1, 0.15) is 7.05 Å². The average Bonchev–Trinajstić information content (AvgIpc) is 2.37. The molecule has 2 aromatic carbocycles. The molecule has 0 atom stereocenters. The first-order valence-corrected chi connectivity index (χ1v) is 6.01. The summed E-state index contributed by atoms with van der Waals surface area (Å²) in [5.74, 6) is -0.191. The third-order valence-electron chi connectivity index (χ3n) is 3.16. The van der Waals surface area contributed by atoms with E-state index in [4.69, 9.17) is 0 Å². The van der Waals surface area contributed by atoms with Crippen LogP contribution in [0.4, 0.5) is 13.2 Å². The second-order valence-electron chi connectivity index (χ2n) is 4.53. The average molecular weight is 314 g/mol. The number of rotatable bonds is 1. The van der Waals surface area contributed by atoms with Crippen LogP contribution in [-0.4, -0.2) is 6.36 Å². The number of halogens is 4. The normalized spacial score (nSPS) is 11.4. The van der Waals surface area contributed by atoms with Gasteiger partial charge in [-0.25, -0.2) is 0 Å². The van der Waals surface area contributed by atoms with Gasteiger partial charge in [0.25, 0.3) is 5.52 Å². The lowest BCUT2D eigenvalue weighted by Crippen LogP contribution is -3.00. The van der Waals surface area contributed by atoms with E-state index in [1.54, 1.807) is 29.9 Å². The molecule has 0 aliphatic carbocycles.